The van der Waals surface area contributed by atoms with Crippen molar-refractivity contribution in [3.05, 3.63) is 65.7 Å². The highest BCUT2D eigenvalue weighted by molar-refractivity contribution is 5.94. The summed E-state index contributed by atoms with van der Waals surface area (Å²) in [5.41, 5.74) is 3.07. The van der Waals surface area contributed by atoms with Gasteiger partial charge >= 0.3 is 6.03 Å². The molecule has 0 saturated heterocycles. The maximum atomic E-state index is 12.3. The topological polar surface area (TPSA) is 70.2 Å². The van der Waals surface area contributed by atoms with Crippen molar-refractivity contribution in [2.75, 3.05) is 5.32 Å². The summed E-state index contributed by atoms with van der Waals surface area (Å²) in [5.74, 6) is 0.288. The summed E-state index contributed by atoms with van der Waals surface area (Å²) in [6, 6.07) is 17.7. The molecular formula is C23H29N3O2. The molecule has 2 aromatic carbocycles. The van der Waals surface area contributed by atoms with E-state index < -0.39 is 0 Å². The van der Waals surface area contributed by atoms with Crippen LogP contribution in [0.4, 0.5) is 10.5 Å². The zero-order chi connectivity index (χ0) is 19.9. The fraction of sp³-hybridized carbons (Fsp3) is 0.391. The number of benzene rings is 2. The minimum Gasteiger partial charge on any atom is -0.336 e. The fourth-order valence-corrected chi connectivity index (χ4v) is 3.09. The van der Waals surface area contributed by atoms with Crippen molar-refractivity contribution < 1.29 is 9.59 Å². The standard InChI is InChI=1S/C23H29N3O2/c1-16(8-9-18-6-4-3-5-7-18)24-23(28)25-17(2)19-12-14-21(15-13-19)26-22(27)20-10-11-20/h3-7,12-17,20H,8-11H2,1-2H3,(H,26,27)(H2,24,25,28). The van der Waals surface area contributed by atoms with Gasteiger partial charge in [0.2, 0.25) is 5.91 Å². The number of rotatable bonds is 8. The lowest BCUT2D eigenvalue weighted by Crippen LogP contribution is -2.41. The van der Waals surface area contributed by atoms with Crippen molar-refractivity contribution in [1.29, 1.82) is 0 Å². The second kappa shape index (κ2) is 9.40. The normalized spacial score (nSPS) is 15.4. The minimum atomic E-state index is -0.167. The van der Waals surface area contributed by atoms with E-state index in [-0.39, 0.29) is 29.9 Å². The number of carbonyl (C=O) groups excluding carboxylic acids is 2. The lowest BCUT2D eigenvalue weighted by atomic mass is 10.1. The van der Waals surface area contributed by atoms with Gasteiger partial charge in [0.15, 0.2) is 0 Å². The molecular weight excluding hydrogens is 350 g/mol. The fourth-order valence-electron chi connectivity index (χ4n) is 3.09. The van der Waals surface area contributed by atoms with Gasteiger partial charge < -0.3 is 16.0 Å². The molecule has 148 valence electrons. The van der Waals surface area contributed by atoms with E-state index in [0.717, 1.165) is 36.9 Å². The van der Waals surface area contributed by atoms with Crippen molar-refractivity contribution >= 4 is 17.6 Å². The summed E-state index contributed by atoms with van der Waals surface area (Å²) >= 11 is 0. The number of carbonyl (C=O) groups is 2. The summed E-state index contributed by atoms with van der Waals surface area (Å²) < 4.78 is 0. The van der Waals surface area contributed by atoms with Crippen LogP contribution in [-0.4, -0.2) is 18.0 Å². The van der Waals surface area contributed by atoms with E-state index in [2.05, 4.69) is 28.1 Å². The molecule has 2 atom stereocenters. The Kier molecular flexibility index (Phi) is 6.69. The first-order valence-corrected chi connectivity index (χ1v) is 10.0. The predicted molar refractivity (Wildman–Crippen MR) is 112 cm³/mol. The van der Waals surface area contributed by atoms with E-state index in [4.69, 9.17) is 0 Å². The van der Waals surface area contributed by atoms with Crippen molar-refractivity contribution in [1.82, 2.24) is 10.6 Å². The maximum Gasteiger partial charge on any atom is 0.315 e. The predicted octanol–water partition coefficient (Wildman–Crippen LogP) is 4.42. The molecule has 2 unspecified atom stereocenters. The van der Waals surface area contributed by atoms with Crippen molar-refractivity contribution in [2.24, 2.45) is 5.92 Å². The second-order valence-corrected chi connectivity index (χ2v) is 7.65. The molecule has 5 nitrogen and oxygen atoms in total. The van der Waals surface area contributed by atoms with Crippen molar-refractivity contribution in [2.45, 2.75) is 51.6 Å². The van der Waals surface area contributed by atoms with Crippen molar-refractivity contribution in [3.8, 4) is 0 Å². The van der Waals surface area contributed by atoms with Gasteiger partial charge in [0.25, 0.3) is 0 Å². The third-order valence-electron chi connectivity index (χ3n) is 5.06. The van der Waals surface area contributed by atoms with E-state index >= 15 is 0 Å². The van der Waals surface area contributed by atoms with Gasteiger partial charge in [0, 0.05) is 17.6 Å². The summed E-state index contributed by atoms with van der Waals surface area (Å²) in [6.07, 6.45) is 3.81. The van der Waals surface area contributed by atoms with Crippen LogP contribution in [0.15, 0.2) is 54.6 Å². The molecule has 5 heteroatoms. The molecule has 0 bridgehead atoms. The summed E-state index contributed by atoms with van der Waals surface area (Å²) in [5, 5.41) is 8.90. The molecule has 2 aromatic rings. The van der Waals surface area contributed by atoms with Gasteiger partial charge in [-0.25, -0.2) is 4.79 Å². The molecule has 3 N–H and O–H groups in total. The van der Waals surface area contributed by atoms with Crippen LogP contribution in [0.25, 0.3) is 0 Å². The van der Waals surface area contributed by atoms with E-state index in [1.165, 1.54) is 5.56 Å². The second-order valence-electron chi connectivity index (χ2n) is 7.65. The molecule has 28 heavy (non-hydrogen) atoms. The van der Waals surface area contributed by atoms with Gasteiger partial charge in [-0.3, -0.25) is 4.79 Å². The van der Waals surface area contributed by atoms with Crippen LogP contribution in [-0.2, 0) is 11.2 Å². The van der Waals surface area contributed by atoms with Gasteiger partial charge in [-0.2, -0.15) is 0 Å². The van der Waals surface area contributed by atoms with Crippen LogP contribution in [0.3, 0.4) is 0 Å². The molecule has 0 aliphatic heterocycles. The van der Waals surface area contributed by atoms with Gasteiger partial charge in [-0.05, 0) is 62.8 Å². The van der Waals surface area contributed by atoms with Crippen LogP contribution in [0.5, 0.6) is 0 Å². The average Bonchev–Trinajstić information content (AvgIpc) is 3.53. The first-order chi connectivity index (χ1) is 13.5. The Labute approximate surface area is 166 Å². The number of urea groups is 1. The number of aryl methyl sites for hydroxylation is 1. The smallest absolute Gasteiger partial charge is 0.315 e. The Morgan fingerprint density at radius 1 is 0.964 bits per heavy atom. The number of hydrogen-bond donors (Lipinski definition) is 3. The van der Waals surface area contributed by atoms with E-state index in [9.17, 15) is 9.59 Å². The summed E-state index contributed by atoms with van der Waals surface area (Å²) in [4.78, 5) is 24.1. The Balaban J connectivity index is 1.42. The van der Waals surface area contributed by atoms with Crippen LogP contribution in [0.2, 0.25) is 0 Å². The number of amides is 3. The summed E-state index contributed by atoms with van der Waals surface area (Å²) in [6.45, 7) is 3.97. The average molecular weight is 380 g/mol. The third kappa shape index (κ3) is 6.12. The maximum absolute atomic E-state index is 12.3. The Hall–Kier alpha value is -2.82. The zero-order valence-electron chi connectivity index (χ0n) is 16.6. The van der Waals surface area contributed by atoms with Crippen LogP contribution >= 0.6 is 0 Å². The first kappa shape index (κ1) is 19.9. The van der Waals surface area contributed by atoms with Crippen molar-refractivity contribution in [3.63, 3.8) is 0 Å². The van der Waals surface area contributed by atoms with E-state index in [1.54, 1.807) is 0 Å². The minimum absolute atomic E-state index is 0.0902. The molecule has 0 spiro atoms. The zero-order valence-corrected chi connectivity index (χ0v) is 16.6. The number of hydrogen-bond acceptors (Lipinski definition) is 2. The quantitative estimate of drug-likeness (QED) is 0.635. The van der Waals surface area contributed by atoms with Crippen LogP contribution in [0.1, 0.15) is 50.3 Å². The third-order valence-corrected chi connectivity index (χ3v) is 5.06. The molecule has 1 fully saturated rings. The highest BCUT2D eigenvalue weighted by atomic mass is 16.2. The Morgan fingerprint density at radius 2 is 1.64 bits per heavy atom. The van der Waals surface area contributed by atoms with E-state index in [1.807, 2.05) is 56.3 Å². The molecule has 3 amide bonds. The van der Waals surface area contributed by atoms with Gasteiger partial charge in [-0.15, -0.1) is 0 Å². The number of anilines is 1. The van der Waals surface area contributed by atoms with E-state index in [0.29, 0.717) is 0 Å². The lowest BCUT2D eigenvalue weighted by Gasteiger charge is -2.19. The molecule has 0 heterocycles. The molecule has 0 radical (unpaired) electrons. The van der Waals surface area contributed by atoms with Crippen LogP contribution < -0.4 is 16.0 Å². The lowest BCUT2D eigenvalue weighted by molar-refractivity contribution is -0.117. The molecule has 1 saturated carbocycles. The van der Waals surface area contributed by atoms with Gasteiger partial charge in [0.1, 0.15) is 0 Å². The molecule has 1 aliphatic rings. The highest BCUT2D eigenvalue weighted by Gasteiger charge is 2.29. The SMILES string of the molecule is CC(CCc1ccccc1)NC(=O)NC(C)c1ccc(NC(=O)C2CC2)cc1. The van der Waals surface area contributed by atoms with Gasteiger partial charge in [-0.1, -0.05) is 42.5 Å². The first-order valence-electron chi connectivity index (χ1n) is 10.0. The van der Waals surface area contributed by atoms with Crippen LogP contribution in [0, 0.1) is 5.92 Å². The highest BCUT2D eigenvalue weighted by Crippen LogP contribution is 2.30. The molecule has 3 rings (SSSR count). The molecule has 1 aliphatic carbocycles. The largest absolute Gasteiger partial charge is 0.336 e. The Bertz CT molecular complexity index is 785. The Morgan fingerprint density at radius 3 is 2.29 bits per heavy atom. The van der Waals surface area contributed by atoms with Gasteiger partial charge in [0.05, 0.1) is 6.04 Å². The number of nitrogens with one attached hydrogen (secondary N) is 3. The monoisotopic (exact) mass is 379 g/mol. The molecule has 0 aromatic heterocycles. The summed E-state index contributed by atoms with van der Waals surface area (Å²) in [7, 11) is 0.